The number of rotatable bonds is 1. The van der Waals surface area contributed by atoms with Crippen molar-refractivity contribution in [1.29, 1.82) is 0 Å². The fraction of sp³-hybridized carbons (Fsp3) is 0.417. The van der Waals surface area contributed by atoms with Crippen LogP contribution in [0.3, 0.4) is 0 Å². The number of amides is 1. The highest BCUT2D eigenvalue weighted by molar-refractivity contribution is 6.06. The molecule has 2 aliphatic rings. The molecule has 1 unspecified atom stereocenters. The van der Waals surface area contributed by atoms with Crippen molar-refractivity contribution in [3.8, 4) is 0 Å². The van der Waals surface area contributed by atoms with Gasteiger partial charge in [-0.25, -0.2) is 0 Å². The summed E-state index contributed by atoms with van der Waals surface area (Å²) in [7, 11) is 0. The number of carbonyl (C=O) groups is 1. The molecule has 0 fully saturated rings. The van der Waals surface area contributed by atoms with Crippen LogP contribution in [0.1, 0.15) is 23.5 Å². The van der Waals surface area contributed by atoms with Crippen molar-refractivity contribution in [3.05, 3.63) is 29.3 Å². The Morgan fingerprint density at radius 3 is 2.82 bits per heavy atom. The van der Waals surface area contributed by atoms with E-state index < -0.39 is 24.4 Å². The van der Waals surface area contributed by atoms with Crippen LogP contribution >= 0.6 is 0 Å². The highest BCUT2D eigenvalue weighted by Gasteiger charge is 2.46. The van der Waals surface area contributed by atoms with Crippen LogP contribution in [-0.4, -0.2) is 18.6 Å². The summed E-state index contributed by atoms with van der Waals surface area (Å²) in [6.45, 7) is 0.513. The monoisotopic (exact) mass is 241 g/mol. The molecule has 2 aliphatic heterocycles. The molecule has 1 aromatic rings. The van der Waals surface area contributed by atoms with Gasteiger partial charge in [0.15, 0.2) is 0 Å². The summed E-state index contributed by atoms with van der Waals surface area (Å²) in [6.07, 6.45) is -4.62. The number of nitrogens with zero attached hydrogens (tertiary/aromatic N) is 1. The maximum atomic E-state index is 12.4. The van der Waals surface area contributed by atoms with E-state index in [1.807, 2.05) is 6.07 Å². The summed E-state index contributed by atoms with van der Waals surface area (Å²) in [6, 6.07) is 5.25. The molecule has 17 heavy (non-hydrogen) atoms. The maximum Gasteiger partial charge on any atom is 0.390 e. The Hall–Kier alpha value is -1.52. The SMILES string of the molecule is O=C1C(CC(F)(F)F)c2cccc3c2N1CC3. The Morgan fingerprint density at radius 2 is 2.12 bits per heavy atom. The minimum atomic E-state index is -4.30. The quantitative estimate of drug-likeness (QED) is 0.740. The lowest BCUT2D eigenvalue weighted by atomic mass is 9.95. The number of carbonyl (C=O) groups excluding carboxylic acids is 1. The predicted octanol–water partition coefficient (Wildman–Crippen LogP) is 2.63. The van der Waals surface area contributed by atoms with E-state index in [1.165, 1.54) is 4.90 Å². The Labute approximate surface area is 96.0 Å². The Bertz CT molecular complexity index is 495. The van der Waals surface area contributed by atoms with Crippen LogP contribution in [0.15, 0.2) is 18.2 Å². The fourth-order valence-corrected chi connectivity index (χ4v) is 2.74. The predicted molar refractivity (Wildman–Crippen MR) is 55.9 cm³/mol. The number of alkyl halides is 3. The molecule has 0 aliphatic carbocycles. The first-order valence-corrected chi connectivity index (χ1v) is 5.47. The molecule has 0 saturated heterocycles. The van der Waals surface area contributed by atoms with Crippen molar-refractivity contribution < 1.29 is 18.0 Å². The number of para-hydroxylation sites is 1. The van der Waals surface area contributed by atoms with Gasteiger partial charge in [0.1, 0.15) is 0 Å². The van der Waals surface area contributed by atoms with Gasteiger partial charge in [0.2, 0.25) is 5.91 Å². The molecule has 0 aromatic heterocycles. The van der Waals surface area contributed by atoms with Crippen LogP contribution < -0.4 is 4.90 Å². The van der Waals surface area contributed by atoms with Crippen LogP contribution in [0.4, 0.5) is 18.9 Å². The molecule has 0 bridgehead atoms. The second-order valence-electron chi connectivity index (χ2n) is 4.47. The molecule has 1 aromatic carbocycles. The molecule has 0 radical (unpaired) electrons. The van der Waals surface area contributed by atoms with Crippen molar-refractivity contribution in [2.24, 2.45) is 0 Å². The second-order valence-corrected chi connectivity index (χ2v) is 4.47. The van der Waals surface area contributed by atoms with Crippen molar-refractivity contribution in [3.63, 3.8) is 0 Å². The van der Waals surface area contributed by atoms with E-state index >= 15 is 0 Å². The van der Waals surface area contributed by atoms with Crippen molar-refractivity contribution in [1.82, 2.24) is 0 Å². The van der Waals surface area contributed by atoms with Gasteiger partial charge < -0.3 is 4.90 Å². The van der Waals surface area contributed by atoms with Gasteiger partial charge in [-0.05, 0) is 17.5 Å². The van der Waals surface area contributed by atoms with Gasteiger partial charge >= 0.3 is 6.18 Å². The van der Waals surface area contributed by atoms with Gasteiger partial charge in [0, 0.05) is 6.54 Å². The first kappa shape index (κ1) is 10.6. The molecule has 2 nitrogen and oxygen atoms in total. The number of hydrogen-bond acceptors (Lipinski definition) is 1. The average Bonchev–Trinajstić information content (AvgIpc) is 2.76. The zero-order valence-electron chi connectivity index (χ0n) is 8.92. The van der Waals surface area contributed by atoms with Gasteiger partial charge in [0.25, 0.3) is 0 Å². The van der Waals surface area contributed by atoms with Crippen LogP contribution in [0.2, 0.25) is 0 Å². The van der Waals surface area contributed by atoms with Gasteiger partial charge in [-0.3, -0.25) is 4.79 Å². The number of benzene rings is 1. The third kappa shape index (κ3) is 1.52. The molecule has 2 heterocycles. The first-order valence-electron chi connectivity index (χ1n) is 5.47. The minimum absolute atomic E-state index is 0.401. The van der Waals surface area contributed by atoms with E-state index in [0.717, 1.165) is 17.7 Å². The van der Waals surface area contributed by atoms with Crippen LogP contribution in [-0.2, 0) is 11.2 Å². The molecule has 1 amide bonds. The molecule has 90 valence electrons. The van der Waals surface area contributed by atoms with Gasteiger partial charge in [-0.2, -0.15) is 13.2 Å². The molecule has 3 rings (SSSR count). The smallest absolute Gasteiger partial charge is 0.311 e. The largest absolute Gasteiger partial charge is 0.390 e. The third-order valence-electron chi connectivity index (χ3n) is 3.40. The second kappa shape index (κ2) is 3.24. The number of anilines is 1. The summed E-state index contributed by atoms with van der Waals surface area (Å²) in [5.74, 6) is -1.44. The van der Waals surface area contributed by atoms with E-state index in [1.54, 1.807) is 12.1 Å². The highest BCUT2D eigenvalue weighted by Crippen LogP contribution is 2.47. The number of hydrogen-bond donors (Lipinski definition) is 0. The lowest BCUT2D eigenvalue weighted by Crippen LogP contribution is -2.29. The summed E-state index contributed by atoms with van der Waals surface area (Å²) in [4.78, 5) is 13.4. The Kier molecular flexibility index (Phi) is 2.03. The first-order chi connectivity index (χ1) is 7.97. The number of halogens is 3. The zero-order valence-corrected chi connectivity index (χ0v) is 8.92. The maximum absolute atomic E-state index is 12.4. The van der Waals surface area contributed by atoms with Crippen molar-refractivity contribution >= 4 is 11.6 Å². The van der Waals surface area contributed by atoms with Gasteiger partial charge in [-0.1, -0.05) is 18.2 Å². The van der Waals surface area contributed by atoms with Crippen LogP contribution in [0.25, 0.3) is 0 Å². The normalized spacial score (nSPS) is 22.2. The zero-order chi connectivity index (χ0) is 12.2. The highest BCUT2D eigenvalue weighted by atomic mass is 19.4. The van der Waals surface area contributed by atoms with Crippen LogP contribution in [0.5, 0.6) is 0 Å². The molecule has 0 spiro atoms. The van der Waals surface area contributed by atoms with E-state index in [2.05, 4.69) is 0 Å². The van der Waals surface area contributed by atoms with Gasteiger partial charge in [-0.15, -0.1) is 0 Å². The van der Waals surface area contributed by atoms with E-state index in [-0.39, 0.29) is 0 Å². The summed E-state index contributed by atoms with van der Waals surface area (Å²) in [5.41, 5.74) is 2.26. The molecular formula is C12H10F3NO. The molecule has 1 atom stereocenters. The summed E-state index contributed by atoms with van der Waals surface area (Å²) >= 11 is 0. The fourth-order valence-electron chi connectivity index (χ4n) is 2.74. The Morgan fingerprint density at radius 1 is 1.35 bits per heavy atom. The van der Waals surface area contributed by atoms with Crippen LogP contribution in [0, 0.1) is 0 Å². The summed E-state index contributed by atoms with van der Waals surface area (Å²) < 4.78 is 37.3. The summed E-state index contributed by atoms with van der Waals surface area (Å²) in [5, 5.41) is 0. The molecule has 0 saturated carbocycles. The van der Waals surface area contributed by atoms with Gasteiger partial charge in [0.05, 0.1) is 18.0 Å². The molecule has 5 heteroatoms. The van der Waals surface area contributed by atoms with E-state index in [9.17, 15) is 18.0 Å². The Balaban J connectivity index is 2.05. The van der Waals surface area contributed by atoms with Crippen molar-refractivity contribution in [2.75, 3.05) is 11.4 Å². The van der Waals surface area contributed by atoms with E-state index in [4.69, 9.17) is 0 Å². The van der Waals surface area contributed by atoms with Crippen molar-refractivity contribution in [2.45, 2.75) is 24.9 Å². The minimum Gasteiger partial charge on any atom is -0.311 e. The van der Waals surface area contributed by atoms with E-state index in [0.29, 0.717) is 12.1 Å². The third-order valence-corrected chi connectivity index (χ3v) is 3.40. The molecule has 0 N–H and O–H groups in total. The standard InChI is InChI=1S/C12H10F3NO/c13-12(14,15)6-9-8-3-1-2-7-4-5-16(10(7)8)11(9)17/h1-3,9H,4-6H2. The average molecular weight is 241 g/mol. The topological polar surface area (TPSA) is 20.3 Å². The molecular weight excluding hydrogens is 231 g/mol. The lowest BCUT2D eigenvalue weighted by molar-refractivity contribution is -0.146. The lowest BCUT2D eigenvalue weighted by Gasteiger charge is -2.14.